The first-order valence-electron chi connectivity index (χ1n) is 9.62. The van der Waals surface area contributed by atoms with Crippen molar-refractivity contribution in [3.8, 4) is 0 Å². The maximum Gasteiger partial charge on any atom is 0.255 e. The average molecular weight is 395 g/mol. The minimum atomic E-state index is -0.300. The van der Waals surface area contributed by atoms with Crippen LogP contribution >= 0.6 is 0 Å². The Bertz CT molecular complexity index is 880. The predicted molar refractivity (Wildman–Crippen MR) is 110 cm³/mol. The molecule has 1 aliphatic heterocycles. The van der Waals surface area contributed by atoms with Gasteiger partial charge in [0.05, 0.1) is 17.9 Å². The third-order valence-electron chi connectivity index (χ3n) is 4.77. The van der Waals surface area contributed by atoms with Gasteiger partial charge in [0, 0.05) is 38.7 Å². The number of likely N-dealkylation sites (tertiary alicyclic amines) is 1. The summed E-state index contributed by atoms with van der Waals surface area (Å²) in [7, 11) is 1.56. The largest absolute Gasteiger partial charge is 0.383 e. The number of para-hydroxylation sites is 1. The van der Waals surface area contributed by atoms with Crippen LogP contribution in [0.2, 0.25) is 0 Å². The molecular weight excluding hydrogens is 370 g/mol. The molecule has 1 fully saturated rings. The molecular formula is C22H25N3O4. The van der Waals surface area contributed by atoms with Crippen LogP contribution in [0.3, 0.4) is 0 Å². The smallest absolute Gasteiger partial charge is 0.255 e. The van der Waals surface area contributed by atoms with Gasteiger partial charge in [0.1, 0.15) is 0 Å². The Kier molecular flexibility index (Phi) is 6.97. The molecule has 7 nitrogen and oxygen atoms in total. The third-order valence-corrected chi connectivity index (χ3v) is 4.77. The van der Waals surface area contributed by atoms with Crippen molar-refractivity contribution in [3.05, 3.63) is 65.2 Å². The highest BCUT2D eigenvalue weighted by Crippen LogP contribution is 2.18. The molecule has 2 aromatic carbocycles. The van der Waals surface area contributed by atoms with Crippen molar-refractivity contribution in [2.24, 2.45) is 0 Å². The van der Waals surface area contributed by atoms with E-state index in [2.05, 4.69) is 10.6 Å². The van der Waals surface area contributed by atoms with Crippen molar-refractivity contribution >= 4 is 23.4 Å². The second-order valence-electron chi connectivity index (χ2n) is 6.86. The van der Waals surface area contributed by atoms with E-state index >= 15 is 0 Å². The number of hydrogen-bond acceptors (Lipinski definition) is 4. The Hall–Kier alpha value is -3.19. The Morgan fingerprint density at radius 2 is 1.83 bits per heavy atom. The van der Waals surface area contributed by atoms with Gasteiger partial charge in [0.15, 0.2) is 0 Å². The molecule has 29 heavy (non-hydrogen) atoms. The molecule has 3 amide bonds. The summed E-state index contributed by atoms with van der Waals surface area (Å²) in [6, 6.07) is 14.0. The maximum atomic E-state index is 12.6. The zero-order valence-corrected chi connectivity index (χ0v) is 16.4. The van der Waals surface area contributed by atoms with E-state index < -0.39 is 0 Å². The Morgan fingerprint density at radius 3 is 2.52 bits per heavy atom. The van der Waals surface area contributed by atoms with Crippen molar-refractivity contribution in [2.45, 2.75) is 19.4 Å². The summed E-state index contributed by atoms with van der Waals surface area (Å²) >= 11 is 0. The van der Waals surface area contributed by atoms with Gasteiger partial charge in [-0.3, -0.25) is 14.4 Å². The predicted octanol–water partition coefficient (Wildman–Crippen LogP) is 2.44. The molecule has 0 bridgehead atoms. The van der Waals surface area contributed by atoms with Gasteiger partial charge >= 0.3 is 0 Å². The molecule has 7 heteroatoms. The third kappa shape index (κ3) is 5.42. The standard InChI is InChI=1S/C22H25N3O4/c1-29-14-12-23-22(28)18-5-2-3-6-19(18)24-21(27)17-10-8-16(9-11-17)15-25-13-4-7-20(25)26/h2-3,5-6,8-11H,4,7,12-15H2,1H3,(H,23,28)(H,24,27). The topological polar surface area (TPSA) is 87.7 Å². The van der Waals surface area contributed by atoms with Crippen LogP contribution in [0.15, 0.2) is 48.5 Å². The number of anilines is 1. The fraction of sp³-hybridized carbons (Fsp3) is 0.318. The van der Waals surface area contributed by atoms with Gasteiger partial charge in [0.2, 0.25) is 5.91 Å². The first-order chi connectivity index (χ1) is 14.1. The van der Waals surface area contributed by atoms with E-state index in [0.29, 0.717) is 42.9 Å². The Morgan fingerprint density at radius 1 is 1.07 bits per heavy atom. The fourth-order valence-electron chi connectivity index (χ4n) is 3.20. The Balaban J connectivity index is 1.64. The zero-order valence-electron chi connectivity index (χ0n) is 16.4. The molecule has 0 unspecified atom stereocenters. The van der Waals surface area contributed by atoms with E-state index in [0.717, 1.165) is 18.5 Å². The van der Waals surface area contributed by atoms with Gasteiger partial charge < -0.3 is 20.3 Å². The van der Waals surface area contributed by atoms with E-state index in [1.807, 2.05) is 17.0 Å². The van der Waals surface area contributed by atoms with Gasteiger partial charge in [-0.1, -0.05) is 24.3 Å². The van der Waals surface area contributed by atoms with E-state index in [1.54, 1.807) is 43.5 Å². The molecule has 1 saturated heterocycles. The number of methoxy groups -OCH3 is 1. The van der Waals surface area contributed by atoms with Crippen molar-refractivity contribution in [2.75, 3.05) is 32.1 Å². The highest BCUT2D eigenvalue weighted by atomic mass is 16.5. The van der Waals surface area contributed by atoms with Crippen LogP contribution in [0, 0.1) is 0 Å². The number of nitrogens with one attached hydrogen (secondary N) is 2. The molecule has 0 aliphatic carbocycles. The van der Waals surface area contributed by atoms with Crippen molar-refractivity contribution in [1.82, 2.24) is 10.2 Å². The van der Waals surface area contributed by atoms with Crippen molar-refractivity contribution in [3.63, 3.8) is 0 Å². The summed E-state index contributed by atoms with van der Waals surface area (Å²) in [5, 5.41) is 5.55. The number of hydrogen-bond donors (Lipinski definition) is 2. The Labute approximate surface area is 170 Å². The first-order valence-corrected chi connectivity index (χ1v) is 9.62. The quantitative estimate of drug-likeness (QED) is 0.672. The van der Waals surface area contributed by atoms with Gasteiger partial charge in [-0.05, 0) is 36.2 Å². The highest BCUT2D eigenvalue weighted by molar-refractivity contribution is 6.09. The number of carbonyl (C=O) groups is 3. The summed E-state index contributed by atoms with van der Waals surface area (Å²) in [5.41, 5.74) is 2.30. The number of nitrogens with zero attached hydrogens (tertiary/aromatic N) is 1. The molecule has 0 atom stereocenters. The average Bonchev–Trinajstić information content (AvgIpc) is 3.13. The lowest BCUT2D eigenvalue weighted by atomic mass is 10.1. The van der Waals surface area contributed by atoms with Gasteiger partial charge in [-0.25, -0.2) is 0 Å². The molecule has 0 spiro atoms. The first kappa shape index (κ1) is 20.5. The van der Waals surface area contributed by atoms with E-state index in [4.69, 9.17) is 4.74 Å². The molecule has 1 heterocycles. The number of carbonyl (C=O) groups excluding carboxylic acids is 3. The second-order valence-corrected chi connectivity index (χ2v) is 6.86. The van der Waals surface area contributed by atoms with Gasteiger partial charge in [-0.2, -0.15) is 0 Å². The summed E-state index contributed by atoms with van der Waals surface area (Å²) in [6.07, 6.45) is 1.51. The lowest BCUT2D eigenvalue weighted by Gasteiger charge is -2.15. The zero-order chi connectivity index (χ0) is 20.6. The molecule has 0 aromatic heterocycles. The van der Waals surface area contributed by atoms with Crippen molar-refractivity contribution < 1.29 is 19.1 Å². The van der Waals surface area contributed by atoms with Crippen LogP contribution in [-0.4, -0.2) is 49.4 Å². The minimum absolute atomic E-state index is 0.173. The van der Waals surface area contributed by atoms with Gasteiger partial charge in [0.25, 0.3) is 11.8 Å². The lowest BCUT2D eigenvalue weighted by Crippen LogP contribution is -2.28. The molecule has 0 saturated carbocycles. The second kappa shape index (κ2) is 9.84. The fourth-order valence-corrected chi connectivity index (χ4v) is 3.20. The van der Waals surface area contributed by atoms with E-state index in [1.165, 1.54) is 0 Å². The van der Waals surface area contributed by atoms with Crippen LogP contribution in [0.1, 0.15) is 39.1 Å². The molecule has 1 aliphatic rings. The summed E-state index contributed by atoms with van der Waals surface area (Å²) < 4.78 is 4.93. The van der Waals surface area contributed by atoms with E-state index in [9.17, 15) is 14.4 Å². The monoisotopic (exact) mass is 395 g/mol. The molecule has 0 radical (unpaired) electrons. The summed E-state index contributed by atoms with van der Waals surface area (Å²) in [5.74, 6) is -0.401. The number of amides is 3. The number of benzene rings is 2. The summed E-state index contributed by atoms with van der Waals surface area (Å²) in [4.78, 5) is 38.5. The normalized spacial score (nSPS) is 13.4. The number of ether oxygens (including phenoxy) is 1. The maximum absolute atomic E-state index is 12.6. The van der Waals surface area contributed by atoms with Crippen LogP contribution < -0.4 is 10.6 Å². The van der Waals surface area contributed by atoms with Crippen LogP contribution in [-0.2, 0) is 16.1 Å². The summed E-state index contributed by atoms with van der Waals surface area (Å²) in [6.45, 7) is 2.14. The molecule has 152 valence electrons. The van der Waals surface area contributed by atoms with Crippen LogP contribution in [0.25, 0.3) is 0 Å². The van der Waals surface area contributed by atoms with Crippen LogP contribution in [0.4, 0.5) is 5.69 Å². The van der Waals surface area contributed by atoms with Crippen molar-refractivity contribution in [1.29, 1.82) is 0 Å². The lowest BCUT2D eigenvalue weighted by molar-refractivity contribution is -0.128. The highest BCUT2D eigenvalue weighted by Gasteiger charge is 2.20. The van der Waals surface area contributed by atoms with Crippen LogP contribution in [0.5, 0.6) is 0 Å². The number of rotatable bonds is 8. The molecule has 2 N–H and O–H groups in total. The molecule has 2 aromatic rings. The van der Waals surface area contributed by atoms with E-state index in [-0.39, 0.29) is 17.7 Å². The minimum Gasteiger partial charge on any atom is -0.383 e. The van der Waals surface area contributed by atoms with Gasteiger partial charge in [-0.15, -0.1) is 0 Å². The SMILES string of the molecule is COCCNC(=O)c1ccccc1NC(=O)c1ccc(CN2CCCC2=O)cc1. The molecule has 3 rings (SSSR count).